The van der Waals surface area contributed by atoms with Gasteiger partial charge in [-0.3, -0.25) is 4.79 Å². The Morgan fingerprint density at radius 2 is 2.14 bits per heavy atom. The molecule has 2 aromatic heterocycles. The second-order valence-electron chi connectivity index (χ2n) is 5.74. The van der Waals surface area contributed by atoms with Gasteiger partial charge in [0.25, 0.3) is 0 Å². The van der Waals surface area contributed by atoms with Crippen LogP contribution in [0.15, 0.2) is 29.0 Å². The van der Waals surface area contributed by atoms with Gasteiger partial charge in [-0.2, -0.15) is 10.4 Å². The lowest BCUT2D eigenvalue weighted by Gasteiger charge is -2.22. The van der Waals surface area contributed by atoms with Gasteiger partial charge in [0.2, 0.25) is 5.91 Å². The molecule has 1 saturated heterocycles. The molecule has 0 bridgehead atoms. The highest BCUT2D eigenvalue weighted by Crippen LogP contribution is 2.33. The van der Waals surface area contributed by atoms with Crippen LogP contribution >= 0.6 is 15.9 Å². The number of halogens is 1. The van der Waals surface area contributed by atoms with Crippen LogP contribution in [-0.2, 0) is 4.79 Å². The van der Waals surface area contributed by atoms with Crippen LogP contribution in [0.5, 0.6) is 0 Å². The third-order valence-electron chi connectivity index (χ3n) is 3.77. The van der Waals surface area contributed by atoms with E-state index in [9.17, 15) is 4.79 Å². The van der Waals surface area contributed by atoms with E-state index in [0.29, 0.717) is 6.42 Å². The summed E-state index contributed by atoms with van der Waals surface area (Å²) in [4.78, 5) is 14.0. The summed E-state index contributed by atoms with van der Waals surface area (Å²) in [5.74, 6) is -0.665. The Labute approximate surface area is 137 Å². The van der Waals surface area contributed by atoms with Crippen molar-refractivity contribution in [2.45, 2.75) is 38.6 Å². The number of anilines is 1. The summed E-state index contributed by atoms with van der Waals surface area (Å²) < 4.78 is 2.63. The molecule has 2 unspecified atom stereocenters. The maximum atomic E-state index is 12.3. The monoisotopic (exact) mass is 360 g/mol. The average molecular weight is 361 g/mol. The number of nitrogens with zero attached hydrogens (tertiary/aromatic N) is 4. The molecular formula is C16H17BrN4O. The molecular weight excluding hydrogens is 344 g/mol. The summed E-state index contributed by atoms with van der Waals surface area (Å²) in [5.41, 5.74) is 1.66. The topological polar surface area (TPSA) is 61.4 Å². The molecule has 2 aromatic rings. The molecule has 6 heteroatoms. The summed E-state index contributed by atoms with van der Waals surface area (Å²) in [6.07, 6.45) is 8.58. The molecule has 0 radical (unpaired) electrons. The van der Waals surface area contributed by atoms with Gasteiger partial charge in [0.15, 0.2) is 0 Å². The van der Waals surface area contributed by atoms with Gasteiger partial charge >= 0.3 is 0 Å². The molecule has 2 aliphatic rings. The molecule has 2 fully saturated rings. The van der Waals surface area contributed by atoms with Crippen LogP contribution in [0.4, 0.5) is 5.69 Å². The number of aromatic nitrogens is 2. The zero-order valence-electron chi connectivity index (χ0n) is 12.4. The molecule has 0 spiro atoms. The zero-order chi connectivity index (χ0) is 15.7. The first-order valence-corrected chi connectivity index (χ1v) is 8.26. The predicted molar refractivity (Wildman–Crippen MR) is 87.4 cm³/mol. The molecule has 5 nitrogen and oxygen atoms in total. The smallest absolute Gasteiger partial charge is 0.244 e. The Morgan fingerprint density at radius 3 is 2.73 bits per heavy atom. The van der Waals surface area contributed by atoms with E-state index >= 15 is 0 Å². The lowest BCUT2D eigenvalue weighted by atomic mass is 10.1. The van der Waals surface area contributed by atoms with Gasteiger partial charge in [0.1, 0.15) is 5.92 Å². The number of carbonyl (C=O) groups excluding carboxylic acids is 1. The first kappa shape index (κ1) is 15.0. The fraction of sp³-hybridized carbons (Fsp3) is 0.438. The van der Waals surface area contributed by atoms with Crippen LogP contribution in [0.3, 0.4) is 0 Å². The molecule has 1 aliphatic heterocycles. The number of rotatable bonds is 1. The zero-order valence-corrected chi connectivity index (χ0v) is 14.0. The van der Waals surface area contributed by atoms with Crippen molar-refractivity contribution in [1.29, 1.82) is 5.26 Å². The van der Waals surface area contributed by atoms with Crippen LogP contribution in [0.1, 0.15) is 32.6 Å². The average Bonchev–Trinajstić information content (AvgIpc) is 3.28. The van der Waals surface area contributed by atoms with Gasteiger partial charge in [-0.15, -0.1) is 0 Å². The standard InChI is InChI=1S/C13H11BrN4O.C3H6/c1-8-4-9(6-15)13(19)18(8)11-2-3-16-17-7-10(14)5-12(11)17;1-2-3-1/h2-3,5,7-9H,4H2,1H3;1-3H2. The molecule has 1 amide bonds. The first-order chi connectivity index (χ1) is 10.6. The summed E-state index contributed by atoms with van der Waals surface area (Å²) >= 11 is 3.41. The highest BCUT2D eigenvalue weighted by molar-refractivity contribution is 9.10. The number of hydrogen-bond donors (Lipinski definition) is 0. The van der Waals surface area contributed by atoms with Crippen molar-refractivity contribution in [3.05, 3.63) is 29.0 Å². The van der Waals surface area contributed by atoms with E-state index < -0.39 is 5.92 Å². The molecule has 114 valence electrons. The van der Waals surface area contributed by atoms with E-state index in [1.807, 2.05) is 25.3 Å². The Morgan fingerprint density at radius 1 is 1.41 bits per heavy atom. The van der Waals surface area contributed by atoms with Crippen molar-refractivity contribution in [2.24, 2.45) is 5.92 Å². The molecule has 22 heavy (non-hydrogen) atoms. The summed E-state index contributed by atoms with van der Waals surface area (Å²) in [6, 6.07) is 5.83. The van der Waals surface area contributed by atoms with Crippen molar-refractivity contribution >= 4 is 33.0 Å². The van der Waals surface area contributed by atoms with Crippen molar-refractivity contribution < 1.29 is 4.79 Å². The van der Waals surface area contributed by atoms with Gasteiger partial charge in [0.05, 0.1) is 17.3 Å². The van der Waals surface area contributed by atoms with Crippen molar-refractivity contribution in [3.8, 4) is 6.07 Å². The fourth-order valence-electron chi connectivity index (χ4n) is 2.57. The third kappa shape index (κ3) is 2.86. The van der Waals surface area contributed by atoms with Gasteiger partial charge in [-0.05, 0) is 41.4 Å². The maximum absolute atomic E-state index is 12.3. The molecule has 2 atom stereocenters. The first-order valence-electron chi connectivity index (χ1n) is 7.47. The summed E-state index contributed by atoms with van der Waals surface area (Å²) in [5, 5.41) is 13.2. The van der Waals surface area contributed by atoms with Gasteiger partial charge in [-0.1, -0.05) is 19.3 Å². The summed E-state index contributed by atoms with van der Waals surface area (Å²) in [7, 11) is 0. The molecule has 1 saturated carbocycles. The number of nitriles is 1. The van der Waals surface area contributed by atoms with Crippen molar-refractivity contribution in [1.82, 2.24) is 9.61 Å². The van der Waals surface area contributed by atoms with E-state index in [2.05, 4.69) is 27.1 Å². The molecule has 0 N–H and O–H groups in total. The number of carbonyl (C=O) groups is 1. The Bertz CT molecular complexity index is 743. The molecule has 4 rings (SSSR count). The minimum absolute atomic E-state index is 0.0250. The largest absolute Gasteiger partial charge is 0.306 e. The van der Waals surface area contributed by atoms with E-state index in [4.69, 9.17) is 5.26 Å². The summed E-state index contributed by atoms with van der Waals surface area (Å²) in [6.45, 7) is 1.96. The normalized spacial score (nSPS) is 23.1. The minimum atomic E-state index is -0.540. The Kier molecular flexibility index (Phi) is 4.16. The van der Waals surface area contributed by atoms with Gasteiger partial charge < -0.3 is 4.90 Å². The van der Waals surface area contributed by atoms with E-state index in [-0.39, 0.29) is 11.9 Å². The molecule has 3 heterocycles. The maximum Gasteiger partial charge on any atom is 0.244 e. The minimum Gasteiger partial charge on any atom is -0.306 e. The quantitative estimate of drug-likeness (QED) is 0.781. The number of amides is 1. The molecule has 0 aromatic carbocycles. The van der Waals surface area contributed by atoms with Crippen molar-refractivity contribution in [2.75, 3.05) is 4.90 Å². The van der Waals surface area contributed by atoms with Crippen LogP contribution < -0.4 is 4.90 Å². The lowest BCUT2D eigenvalue weighted by Crippen LogP contribution is -2.32. The van der Waals surface area contributed by atoms with Crippen LogP contribution in [0.2, 0.25) is 0 Å². The van der Waals surface area contributed by atoms with E-state index in [1.54, 1.807) is 15.6 Å². The number of fused-ring (bicyclic) bond motifs is 1. The van der Waals surface area contributed by atoms with Gasteiger partial charge in [-0.25, -0.2) is 4.52 Å². The van der Waals surface area contributed by atoms with Crippen LogP contribution in [0, 0.1) is 17.2 Å². The number of hydrogen-bond acceptors (Lipinski definition) is 3. The van der Waals surface area contributed by atoms with Crippen LogP contribution in [0.25, 0.3) is 5.52 Å². The van der Waals surface area contributed by atoms with E-state index in [0.717, 1.165) is 15.7 Å². The second-order valence-corrected chi connectivity index (χ2v) is 6.66. The highest BCUT2D eigenvalue weighted by Gasteiger charge is 2.38. The predicted octanol–water partition coefficient (Wildman–Crippen LogP) is 3.53. The van der Waals surface area contributed by atoms with Gasteiger partial charge in [0, 0.05) is 22.9 Å². The van der Waals surface area contributed by atoms with Crippen LogP contribution in [-0.4, -0.2) is 21.6 Å². The fourth-order valence-corrected chi connectivity index (χ4v) is 2.98. The van der Waals surface area contributed by atoms with Crippen molar-refractivity contribution in [3.63, 3.8) is 0 Å². The SMILES string of the molecule is C1CC1.CC1CC(C#N)C(=O)N1c1ccnn2cc(Br)cc12. The van der Waals surface area contributed by atoms with E-state index in [1.165, 1.54) is 19.3 Å². The lowest BCUT2D eigenvalue weighted by molar-refractivity contribution is -0.119. The second kappa shape index (κ2) is 6.09. The third-order valence-corrected chi connectivity index (χ3v) is 4.21. The Balaban J connectivity index is 0.000000429. The Hall–Kier alpha value is -1.87. The molecule has 1 aliphatic carbocycles. The highest BCUT2D eigenvalue weighted by atomic mass is 79.9.